The van der Waals surface area contributed by atoms with Crippen LogP contribution in [0.4, 0.5) is 10.2 Å². The number of carbonyl (C=O) groups is 1. The number of aromatic nitrogens is 5. The molecule has 1 aromatic carbocycles. The van der Waals surface area contributed by atoms with E-state index in [4.69, 9.17) is 5.84 Å². The molecule has 3 rings (SSSR count). The summed E-state index contributed by atoms with van der Waals surface area (Å²) in [6, 6.07) is 8.02. The normalized spacial score (nSPS) is 12.3. The molecule has 0 spiro atoms. The molecular weight excluding hydrogens is 369 g/mol. The maximum Gasteiger partial charge on any atom is 0.238 e. The number of benzene rings is 1. The quantitative estimate of drug-likeness (QED) is 0.496. The van der Waals surface area contributed by atoms with Gasteiger partial charge in [0.15, 0.2) is 5.82 Å². The van der Waals surface area contributed by atoms with Crippen LogP contribution in [0.15, 0.2) is 41.7 Å². The van der Waals surface area contributed by atoms with Crippen molar-refractivity contribution in [1.82, 2.24) is 24.7 Å². The van der Waals surface area contributed by atoms with Crippen molar-refractivity contribution in [2.45, 2.75) is 37.2 Å². The van der Waals surface area contributed by atoms with Crippen molar-refractivity contribution in [2.24, 2.45) is 0 Å². The lowest BCUT2D eigenvalue weighted by Gasteiger charge is -2.14. The van der Waals surface area contributed by atoms with Crippen molar-refractivity contribution in [3.63, 3.8) is 0 Å². The summed E-state index contributed by atoms with van der Waals surface area (Å²) in [6.45, 7) is 5.68. The molecular formula is C17H20FN7OS. The Morgan fingerprint density at radius 2 is 1.96 bits per heavy atom. The van der Waals surface area contributed by atoms with E-state index in [1.54, 1.807) is 42.1 Å². The summed E-state index contributed by atoms with van der Waals surface area (Å²) in [4.78, 5) is 12.5. The number of thioether (sulfide) groups is 1. The van der Waals surface area contributed by atoms with Gasteiger partial charge in [0, 0.05) is 12.1 Å². The molecule has 0 aliphatic rings. The number of amides is 1. The molecule has 3 aromatic rings. The molecule has 1 atom stereocenters. The number of halogens is 1. The molecule has 0 saturated heterocycles. The maximum atomic E-state index is 14.0. The van der Waals surface area contributed by atoms with Gasteiger partial charge in [0.2, 0.25) is 11.1 Å². The van der Waals surface area contributed by atoms with Crippen molar-refractivity contribution in [1.29, 1.82) is 0 Å². The van der Waals surface area contributed by atoms with Gasteiger partial charge < -0.3 is 11.2 Å². The van der Waals surface area contributed by atoms with Gasteiger partial charge in [-0.05, 0) is 32.9 Å². The van der Waals surface area contributed by atoms with Gasteiger partial charge in [0.1, 0.15) is 11.6 Å². The fourth-order valence-electron chi connectivity index (χ4n) is 2.45. The molecule has 0 bridgehead atoms. The Bertz CT molecular complexity index is 952. The lowest BCUT2D eigenvalue weighted by Crippen LogP contribution is -2.25. The van der Waals surface area contributed by atoms with Gasteiger partial charge >= 0.3 is 0 Å². The number of anilines is 1. The van der Waals surface area contributed by atoms with Crippen LogP contribution in [0.5, 0.6) is 0 Å². The molecule has 10 heteroatoms. The van der Waals surface area contributed by atoms with Gasteiger partial charge in [-0.2, -0.15) is 5.10 Å². The smallest absolute Gasteiger partial charge is 0.238 e. The summed E-state index contributed by atoms with van der Waals surface area (Å²) in [5.41, 5.74) is 0.247. The summed E-state index contributed by atoms with van der Waals surface area (Å²) in [5.74, 6) is 6.15. The monoisotopic (exact) mass is 389 g/mol. The van der Waals surface area contributed by atoms with Crippen molar-refractivity contribution in [2.75, 3.05) is 11.2 Å². The van der Waals surface area contributed by atoms with Crippen molar-refractivity contribution >= 4 is 23.5 Å². The third-order valence-corrected chi connectivity index (χ3v) is 4.90. The second-order valence-corrected chi connectivity index (χ2v) is 7.47. The van der Waals surface area contributed by atoms with Crippen molar-refractivity contribution < 1.29 is 9.18 Å². The van der Waals surface area contributed by atoms with Crippen LogP contribution < -0.4 is 11.2 Å². The molecule has 1 amide bonds. The SMILES string of the molecule is CC(C)n1nccc1NC(=O)[C@@H](C)Sc1nnc(-c2ccccc2F)n1N. The first-order valence-corrected chi connectivity index (χ1v) is 9.23. The van der Waals surface area contributed by atoms with E-state index in [1.165, 1.54) is 10.7 Å². The van der Waals surface area contributed by atoms with Crippen LogP contribution >= 0.6 is 11.8 Å². The average Bonchev–Trinajstić information content (AvgIpc) is 3.23. The van der Waals surface area contributed by atoms with Crippen LogP contribution in [0, 0.1) is 5.82 Å². The zero-order valence-electron chi connectivity index (χ0n) is 15.1. The Morgan fingerprint density at radius 1 is 1.22 bits per heavy atom. The lowest BCUT2D eigenvalue weighted by atomic mass is 10.2. The molecule has 2 aromatic heterocycles. The fraction of sp³-hybridized carbons (Fsp3) is 0.294. The van der Waals surface area contributed by atoms with Crippen LogP contribution in [-0.4, -0.2) is 35.8 Å². The topological polar surface area (TPSA) is 104 Å². The van der Waals surface area contributed by atoms with Crippen molar-refractivity contribution in [3.05, 3.63) is 42.3 Å². The molecule has 0 unspecified atom stereocenters. The van der Waals surface area contributed by atoms with E-state index in [0.29, 0.717) is 11.0 Å². The minimum atomic E-state index is -0.500. The van der Waals surface area contributed by atoms with Crippen molar-refractivity contribution in [3.8, 4) is 11.4 Å². The zero-order chi connectivity index (χ0) is 19.6. The summed E-state index contributed by atoms with van der Waals surface area (Å²) in [7, 11) is 0. The summed E-state index contributed by atoms with van der Waals surface area (Å²) >= 11 is 1.14. The summed E-state index contributed by atoms with van der Waals surface area (Å²) in [5, 5.41) is 14.8. The van der Waals surface area contributed by atoms with Crippen LogP contribution in [0.2, 0.25) is 0 Å². The lowest BCUT2D eigenvalue weighted by molar-refractivity contribution is -0.115. The Hall–Kier alpha value is -2.88. The third kappa shape index (κ3) is 3.95. The third-order valence-electron chi connectivity index (χ3n) is 3.84. The minimum Gasteiger partial charge on any atom is -0.335 e. The van der Waals surface area contributed by atoms with Crippen LogP contribution in [0.25, 0.3) is 11.4 Å². The maximum absolute atomic E-state index is 14.0. The minimum absolute atomic E-state index is 0.119. The Balaban J connectivity index is 1.73. The molecule has 0 radical (unpaired) electrons. The molecule has 8 nitrogen and oxygen atoms in total. The van der Waals surface area contributed by atoms with E-state index < -0.39 is 11.1 Å². The Kier molecular flexibility index (Phi) is 5.45. The first-order valence-electron chi connectivity index (χ1n) is 8.35. The number of rotatable bonds is 6. The van der Waals surface area contributed by atoms with E-state index in [9.17, 15) is 9.18 Å². The largest absolute Gasteiger partial charge is 0.335 e. The second kappa shape index (κ2) is 7.78. The highest BCUT2D eigenvalue weighted by Crippen LogP contribution is 2.26. The van der Waals surface area contributed by atoms with Gasteiger partial charge in [-0.15, -0.1) is 10.2 Å². The summed E-state index contributed by atoms with van der Waals surface area (Å²) < 4.78 is 16.9. The number of hydrogen-bond donors (Lipinski definition) is 2. The number of nitrogen functional groups attached to an aromatic ring is 1. The van der Waals surface area contributed by atoms with E-state index in [0.717, 1.165) is 11.8 Å². The van der Waals surface area contributed by atoms with Gasteiger partial charge in [-0.3, -0.25) is 4.79 Å². The Morgan fingerprint density at radius 3 is 2.67 bits per heavy atom. The number of nitrogens with zero attached hydrogens (tertiary/aromatic N) is 5. The predicted octanol–water partition coefficient (Wildman–Crippen LogP) is 2.69. The molecule has 27 heavy (non-hydrogen) atoms. The standard InChI is InChI=1S/C17H20FN7OS/c1-10(2)25-14(8-9-20-25)21-16(26)11(3)27-17-23-22-15(24(17)19)12-6-4-5-7-13(12)18/h4-11H,19H2,1-3H3,(H,21,26)/t11-/m1/s1. The second-order valence-electron chi connectivity index (χ2n) is 6.16. The van der Waals surface area contributed by atoms with E-state index in [2.05, 4.69) is 20.6 Å². The molecule has 0 saturated carbocycles. The fourth-order valence-corrected chi connectivity index (χ4v) is 3.22. The summed E-state index contributed by atoms with van der Waals surface area (Å²) in [6.07, 6.45) is 1.63. The molecule has 0 aliphatic heterocycles. The number of nitrogens with one attached hydrogen (secondary N) is 1. The highest BCUT2D eigenvalue weighted by atomic mass is 32.2. The Labute approximate surface area is 159 Å². The van der Waals surface area contributed by atoms with Gasteiger partial charge in [0.05, 0.1) is 17.0 Å². The first kappa shape index (κ1) is 18.9. The van der Waals surface area contributed by atoms with E-state index in [1.807, 2.05) is 13.8 Å². The zero-order valence-corrected chi connectivity index (χ0v) is 15.9. The highest BCUT2D eigenvalue weighted by Gasteiger charge is 2.22. The van der Waals surface area contributed by atoms with Gasteiger partial charge in [-0.1, -0.05) is 23.9 Å². The van der Waals surface area contributed by atoms with Gasteiger partial charge in [0.25, 0.3) is 0 Å². The number of hydrogen-bond acceptors (Lipinski definition) is 6. The number of carbonyl (C=O) groups excluding carboxylic acids is 1. The number of nitrogens with two attached hydrogens (primary N) is 1. The highest BCUT2D eigenvalue weighted by molar-refractivity contribution is 8.00. The average molecular weight is 389 g/mol. The van der Waals surface area contributed by atoms with Crippen LogP contribution in [0.1, 0.15) is 26.8 Å². The van der Waals surface area contributed by atoms with Crippen LogP contribution in [0.3, 0.4) is 0 Å². The van der Waals surface area contributed by atoms with E-state index >= 15 is 0 Å². The molecule has 3 N–H and O–H groups in total. The molecule has 2 heterocycles. The van der Waals surface area contributed by atoms with Crippen LogP contribution in [-0.2, 0) is 4.79 Å². The van der Waals surface area contributed by atoms with Gasteiger partial charge in [-0.25, -0.2) is 13.7 Å². The predicted molar refractivity (Wildman–Crippen MR) is 102 cm³/mol. The molecule has 142 valence electrons. The molecule has 0 fully saturated rings. The molecule has 0 aliphatic carbocycles. The first-order chi connectivity index (χ1) is 12.9. The van der Waals surface area contributed by atoms with E-state index in [-0.39, 0.29) is 23.3 Å².